The van der Waals surface area contributed by atoms with Crippen LogP contribution in [0, 0.1) is 6.92 Å². The van der Waals surface area contributed by atoms with Crippen LogP contribution in [-0.4, -0.2) is 7.05 Å². The Bertz CT molecular complexity index is 580. The summed E-state index contributed by atoms with van der Waals surface area (Å²) in [5.74, 6) is 0.580. The maximum atomic E-state index is 4.27. The molecule has 1 aliphatic rings. The van der Waals surface area contributed by atoms with E-state index in [9.17, 15) is 0 Å². The summed E-state index contributed by atoms with van der Waals surface area (Å²) in [6.07, 6.45) is 11.3. The van der Waals surface area contributed by atoms with Gasteiger partial charge in [0.05, 0.1) is 0 Å². The van der Waals surface area contributed by atoms with Gasteiger partial charge < -0.3 is 5.32 Å². The van der Waals surface area contributed by atoms with Gasteiger partial charge in [0.1, 0.15) is 0 Å². The number of unbranched alkanes of at least 4 members (excludes halogenated alkanes) is 2. The van der Waals surface area contributed by atoms with Gasteiger partial charge in [0.15, 0.2) is 0 Å². The minimum absolute atomic E-state index is 0.580. The number of hydrogen-bond acceptors (Lipinski definition) is 1. The second-order valence-corrected chi connectivity index (χ2v) is 7.01. The third-order valence-corrected chi connectivity index (χ3v) is 5.22. The van der Waals surface area contributed by atoms with E-state index in [0.717, 1.165) is 12.1 Å². The number of rotatable bonds is 7. The van der Waals surface area contributed by atoms with Crippen LogP contribution in [0.15, 0.2) is 30.4 Å². The van der Waals surface area contributed by atoms with Crippen molar-refractivity contribution in [3.63, 3.8) is 0 Å². The van der Waals surface area contributed by atoms with Crippen molar-refractivity contribution in [3.8, 4) is 0 Å². The van der Waals surface area contributed by atoms with Crippen LogP contribution in [0.1, 0.15) is 80.5 Å². The van der Waals surface area contributed by atoms with E-state index in [-0.39, 0.29) is 0 Å². The molecule has 0 aromatic heterocycles. The van der Waals surface area contributed by atoms with Gasteiger partial charge in [-0.05, 0) is 62.6 Å². The van der Waals surface area contributed by atoms with Gasteiger partial charge in [-0.2, -0.15) is 0 Å². The molecule has 2 rings (SSSR count). The minimum Gasteiger partial charge on any atom is -0.388 e. The molecule has 1 unspecified atom stereocenters. The molecule has 126 valence electrons. The lowest BCUT2D eigenvalue weighted by Gasteiger charge is -2.25. The molecule has 1 aromatic carbocycles. The molecule has 1 heteroatoms. The molecule has 0 bridgehead atoms. The molecule has 1 aromatic rings. The van der Waals surface area contributed by atoms with Gasteiger partial charge in [-0.15, -0.1) is 0 Å². The number of nitrogens with one attached hydrogen (secondary N) is 1. The summed E-state index contributed by atoms with van der Waals surface area (Å²) in [7, 11) is 1.98. The fourth-order valence-corrected chi connectivity index (χ4v) is 3.86. The largest absolute Gasteiger partial charge is 0.388 e. The molecular formula is C22H33N. The predicted octanol–water partition coefficient (Wildman–Crippen LogP) is 6.13. The second-order valence-electron chi connectivity index (χ2n) is 7.01. The highest BCUT2D eigenvalue weighted by atomic mass is 14.8. The van der Waals surface area contributed by atoms with E-state index in [1.807, 2.05) is 7.05 Å². The van der Waals surface area contributed by atoms with Crippen LogP contribution in [0.4, 0.5) is 0 Å². The normalized spacial score (nSPS) is 17.7. The summed E-state index contributed by atoms with van der Waals surface area (Å²) < 4.78 is 0. The summed E-state index contributed by atoms with van der Waals surface area (Å²) in [5, 5.41) is 3.28. The third-order valence-electron chi connectivity index (χ3n) is 5.22. The SMILES string of the molecule is C=C(NC)c1c(CCCCC)ccc(C2C=C(C)CCC2)c1C. The molecule has 0 saturated carbocycles. The molecule has 0 fully saturated rings. The molecule has 0 radical (unpaired) electrons. The summed E-state index contributed by atoms with van der Waals surface area (Å²) in [6, 6.07) is 4.73. The first kappa shape index (κ1) is 17.8. The Morgan fingerprint density at radius 3 is 2.70 bits per heavy atom. The van der Waals surface area contributed by atoms with Crippen LogP contribution in [0.5, 0.6) is 0 Å². The molecule has 1 N–H and O–H groups in total. The van der Waals surface area contributed by atoms with Crippen molar-refractivity contribution in [2.75, 3.05) is 7.05 Å². The van der Waals surface area contributed by atoms with Gasteiger partial charge in [0, 0.05) is 24.2 Å². The standard InChI is InChI=1S/C22H33N/c1-6-7-8-11-19-13-14-21(17(3)22(19)18(4)23-5)20-12-9-10-16(2)15-20/h13-15,20,23H,4,6-12H2,1-3,5H3. The van der Waals surface area contributed by atoms with E-state index >= 15 is 0 Å². The molecule has 0 heterocycles. The molecule has 1 nitrogen and oxygen atoms in total. The Morgan fingerprint density at radius 2 is 2.04 bits per heavy atom. The minimum atomic E-state index is 0.580. The van der Waals surface area contributed by atoms with Crippen molar-refractivity contribution in [2.24, 2.45) is 0 Å². The monoisotopic (exact) mass is 311 g/mol. The van der Waals surface area contributed by atoms with E-state index in [1.54, 1.807) is 5.57 Å². The summed E-state index contributed by atoms with van der Waals surface area (Å²) in [6.45, 7) is 11.1. The average Bonchev–Trinajstić information content (AvgIpc) is 2.54. The average molecular weight is 312 g/mol. The quantitative estimate of drug-likeness (QED) is 0.471. The Morgan fingerprint density at radius 1 is 1.26 bits per heavy atom. The van der Waals surface area contributed by atoms with E-state index in [2.05, 4.69) is 50.9 Å². The maximum absolute atomic E-state index is 4.27. The van der Waals surface area contributed by atoms with E-state index in [0.29, 0.717) is 5.92 Å². The highest BCUT2D eigenvalue weighted by Gasteiger charge is 2.19. The first-order valence-electron chi connectivity index (χ1n) is 9.25. The highest BCUT2D eigenvalue weighted by molar-refractivity contribution is 5.69. The van der Waals surface area contributed by atoms with Crippen LogP contribution < -0.4 is 5.32 Å². The van der Waals surface area contributed by atoms with Crippen molar-refractivity contribution >= 4 is 5.70 Å². The lowest BCUT2D eigenvalue weighted by atomic mass is 9.81. The molecule has 0 saturated heterocycles. The first-order valence-corrected chi connectivity index (χ1v) is 9.25. The zero-order valence-corrected chi connectivity index (χ0v) is 15.5. The van der Waals surface area contributed by atoms with Crippen molar-refractivity contribution in [2.45, 2.75) is 71.6 Å². The Labute approximate surface area is 142 Å². The zero-order valence-electron chi connectivity index (χ0n) is 15.5. The molecule has 0 aliphatic heterocycles. The summed E-state index contributed by atoms with van der Waals surface area (Å²) in [5.41, 5.74) is 8.34. The molecule has 0 spiro atoms. The predicted molar refractivity (Wildman–Crippen MR) is 103 cm³/mol. The fourth-order valence-electron chi connectivity index (χ4n) is 3.86. The van der Waals surface area contributed by atoms with Gasteiger partial charge in [-0.25, -0.2) is 0 Å². The zero-order chi connectivity index (χ0) is 16.8. The van der Waals surface area contributed by atoms with E-state index in [4.69, 9.17) is 0 Å². The number of hydrogen-bond donors (Lipinski definition) is 1. The van der Waals surface area contributed by atoms with Crippen LogP contribution in [0.3, 0.4) is 0 Å². The Kier molecular flexibility index (Phi) is 6.50. The van der Waals surface area contributed by atoms with E-state index in [1.165, 1.54) is 60.8 Å². The highest BCUT2D eigenvalue weighted by Crippen LogP contribution is 2.36. The molecule has 1 atom stereocenters. The van der Waals surface area contributed by atoms with E-state index < -0.39 is 0 Å². The van der Waals surface area contributed by atoms with Gasteiger partial charge in [-0.1, -0.05) is 50.1 Å². The van der Waals surface area contributed by atoms with Gasteiger partial charge in [0.25, 0.3) is 0 Å². The van der Waals surface area contributed by atoms with Crippen LogP contribution >= 0.6 is 0 Å². The number of aryl methyl sites for hydroxylation is 1. The molecule has 0 amide bonds. The topological polar surface area (TPSA) is 12.0 Å². The van der Waals surface area contributed by atoms with Crippen LogP contribution in [0.2, 0.25) is 0 Å². The van der Waals surface area contributed by atoms with Gasteiger partial charge in [0.2, 0.25) is 0 Å². The van der Waals surface area contributed by atoms with Crippen LogP contribution in [-0.2, 0) is 6.42 Å². The van der Waals surface area contributed by atoms with Gasteiger partial charge >= 0.3 is 0 Å². The lowest BCUT2D eigenvalue weighted by Crippen LogP contribution is -2.12. The van der Waals surface area contributed by atoms with Crippen molar-refractivity contribution in [1.82, 2.24) is 5.32 Å². The van der Waals surface area contributed by atoms with Crippen LogP contribution in [0.25, 0.3) is 5.70 Å². The molecule has 23 heavy (non-hydrogen) atoms. The molecule has 1 aliphatic carbocycles. The summed E-state index contributed by atoms with van der Waals surface area (Å²) >= 11 is 0. The van der Waals surface area contributed by atoms with Crippen molar-refractivity contribution < 1.29 is 0 Å². The molecular weight excluding hydrogens is 278 g/mol. The summed E-state index contributed by atoms with van der Waals surface area (Å²) in [4.78, 5) is 0. The fraction of sp³-hybridized carbons (Fsp3) is 0.545. The third kappa shape index (κ3) is 4.28. The van der Waals surface area contributed by atoms with Crippen molar-refractivity contribution in [3.05, 3.63) is 52.6 Å². The number of benzene rings is 1. The number of allylic oxidation sites excluding steroid dienone is 2. The Hall–Kier alpha value is -1.50. The first-order chi connectivity index (χ1) is 11.1. The van der Waals surface area contributed by atoms with Gasteiger partial charge in [-0.3, -0.25) is 0 Å². The second kappa shape index (κ2) is 8.38. The smallest absolute Gasteiger partial charge is 0.0343 e. The maximum Gasteiger partial charge on any atom is 0.0343 e. The lowest BCUT2D eigenvalue weighted by molar-refractivity contribution is 0.630. The van der Waals surface area contributed by atoms with Crippen molar-refractivity contribution in [1.29, 1.82) is 0 Å². The Balaban J connectivity index is 2.38.